The lowest BCUT2D eigenvalue weighted by Gasteiger charge is -2.21. The zero-order valence-corrected chi connectivity index (χ0v) is 11.4. The molecule has 2 aromatic rings. The molecule has 0 bridgehead atoms. The Hall–Kier alpha value is -1.32. The smallest absolute Gasteiger partial charge is 0.131 e. The molecule has 0 saturated heterocycles. The summed E-state index contributed by atoms with van der Waals surface area (Å²) in [5.41, 5.74) is 3.53. The molecule has 1 N–H and O–H groups in total. The molecule has 0 saturated carbocycles. The number of rotatable bonds is 2. The number of benzene rings is 2. The molecule has 3 heteroatoms. The van der Waals surface area contributed by atoms with E-state index in [0.29, 0.717) is 6.42 Å². The number of aliphatic hydroxyl groups is 1. The first-order valence-corrected chi connectivity index (χ1v) is 6.74. The second kappa shape index (κ2) is 4.75. The molecular weight excluding hydrogens is 292 g/mol. The minimum atomic E-state index is 0.182. The first-order chi connectivity index (χ1) is 8.76. The van der Waals surface area contributed by atoms with Crippen molar-refractivity contribution in [2.24, 2.45) is 0 Å². The molecule has 2 aromatic carbocycles. The fourth-order valence-corrected chi connectivity index (χ4v) is 2.67. The van der Waals surface area contributed by atoms with E-state index in [2.05, 4.69) is 28.1 Å². The molecule has 0 spiro atoms. The van der Waals surface area contributed by atoms with Gasteiger partial charge in [0.2, 0.25) is 0 Å². The summed E-state index contributed by atoms with van der Waals surface area (Å²) in [5.74, 6) is 1.85. The van der Waals surface area contributed by atoms with Crippen LogP contribution in [0.4, 0.5) is 0 Å². The highest BCUT2D eigenvalue weighted by Gasteiger charge is 2.17. The molecule has 0 aliphatic carbocycles. The van der Waals surface area contributed by atoms with Crippen molar-refractivity contribution in [3.05, 3.63) is 57.6 Å². The van der Waals surface area contributed by atoms with Crippen molar-refractivity contribution in [3.63, 3.8) is 0 Å². The number of fused-ring (bicyclic) bond motifs is 2. The molecule has 3 rings (SSSR count). The van der Waals surface area contributed by atoms with Crippen LogP contribution < -0.4 is 4.74 Å². The van der Waals surface area contributed by atoms with Crippen molar-refractivity contribution >= 4 is 15.9 Å². The van der Waals surface area contributed by atoms with Gasteiger partial charge in [0.15, 0.2) is 0 Å². The molecule has 1 heterocycles. The largest absolute Gasteiger partial charge is 0.457 e. The number of aliphatic hydroxyl groups excluding tert-OH is 1. The minimum absolute atomic E-state index is 0.182. The van der Waals surface area contributed by atoms with E-state index in [1.165, 1.54) is 11.1 Å². The maximum atomic E-state index is 8.98. The van der Waals surface area contributed by atoms with Gasteiger partial charge in [0.25, 0.3) is 0 Å². The van der Waals surface area contributed by atoms with Crippen LogP contribution in [0.15, 0.2) is 40.9 Å². The summed E-state index contributed by atoms with van der Waals surface area (Å²) in [6.45, 7) is 0.182. The van der Waals surface area contributed by atoms with Crippen LogP contribution in [0, 0.1) is 0 Å². The van der Waals surface area contributed by atoms with Crippen molar-refractivity contribution in [1.29, 1.82) is 0 Å². The van der Waals surface area contributed by atoms with Gasteiger partial charge in [-0.1, -0.05) is 28.1 Å². The monoisotopic (exact) mass is 304 g/mol. The molecule has 0 amide bonds. The van der Waals surface area contributed by atoms with Gasteiger partial charge >= 0.3 is 0 Å². The van der Waals surface area contributed by atoms with Crippen LogP contribution in [-0.4, -0.2) is 11.7 Å². The predicted octanol–water partition coefficient (Wildman–Crippen LogP) is 3.68. The topological polar surface area (TPSA) is 29.5 Å². The van der Waals surface area contributed by atoms with E-state index < -0.39 is 0 Å². The fraction of sp³-hybridized carbons (Fsp3) is 0.200. The Kier molecular flexibility index (Phi) is 3.10. The van der Waals surface area contributed by atoms with Crippen molar-refractivity contribution in [3.8, 4) is 11.5 Å². The summed E-state index contributed by atoms with van der Waals surface area (Å²) in [5, 5.41) is 8.98. The zero-order chi connectivity index (χ0) is 12.5. The van der Waals surface area contributed by atoms with Crippen molar-refractivity contribution in [2.45, 2.75) is 12.8 Å². The van der Waals surface area contributed by atoms with Gasteiger partial charge in [0.1, 0.15) is 11.5 Å². The highest BCUT2D eigenvalue weighted by atomic mass is 79.9. The summed E-state index contributed by atoms with van der Waals surface area (Å²) in [4.78, 5) is 0. The van der Waals surface area contributed by atoms with E-state index in [-0.39, 0.29) is 6.61 Å². The first-order valence-electron chi connectivity index (χ1n) is 5.95. The maximum absolute atomic E-state index is 8.98. The molecule has 0 radical (unpaired) electrons. The third-order valence-corrected chi connectivity index (χ3v) is 3.64. The zero-order valence-electron chi connectivity index (χ0n) is 9.82. The minimum Gasteiger partial charge on any atom is -0.457 e. The fourth-order valence-electron chi connectivity index (χ4n) is 2.26. The lowest BCUT2D eigenvalue weighted by Crippen LogP contribution is -2.04. The highest BCUT2D eigenvalue weighted by Crippen LogP contribution is 2.37. The molecule has 1 aliphatic rings. The van der Waals surface area contributed by atoms with E-state index >= 15 is 0 Å². The Bertz CT molecular complexity index is 593. The van der Waals surface area contributed by atoms with Gasteiger partial charge in [-0.25, -0.2) is 0 Å². The van der Waals surface area contributed by atoms with Crippen LogP contribution in [0.1, 0.15) is 16.7 Å². The van der Waals surface area contributed by atoms with Crippen LogP contribution in [0.3, 0.4) is 0 Å². The molecule has 18 heavy (non-hydrogen) atoms. The summed E-state index contributed by atoms with van der Waals surface area (Å²) < 4.78 is 6.95. The molecule has 92 valence electrons. The van der Waals surface area contributed by atoms with E-state index in [1.807, 2.05) is 24.3 Å². The van der Waals surface area contributed by atoms with Crippen molar-refractivity contribution in [2.75, 3.05) is 6.61 Å². The second-order valence-corrected chi connectivity index (χ2v) is 5.36. The molecule has 2 nitrogen and oxygen atoms in total. The average Bonchev–Trinajstić information content (AvgIpc) is 2.36. The lowest BCUT2D eigenvalue weighted by atomic mass is 9.98. The van der Waals surface area contributed by atoms with Crippen LogP contribution >= 0.6 is 15.9 Å². The Morgan fingerprint density at radius 3 is 2.56 bits per heavy atom. The summed E-state index contributed by atoms with van der Waals surface area (Å²) in [7, 11) is 0. The molecule has 0 atom stereocenters. The molecular formula is C15H13BrO2. The second-order valence-electron chi connectivity index (χ2n) is 4.45. The predicted molar refractivity (Wildman–Crippen MR) is 74.3 cm³/mol. The Morgan fingerprint density at radius 2 is 1.78 bits per heavy atom. The molecule has 0 unspecified atom stereocenters. The Labute approximate surface area is 114 Å². The summed E-state index contributed by atoms with van der Waals surface area (Å²) in [6.07, 6.45) is 1.57. The van der Waals surface area contributed by atoms with E-state index in [9.17, 15) is 0 Å². The SMILES string of the molecule is OCCc1ccc2c(c1)Cc1cc(Br)ccc1O2. The van der Waals surface area contributed by atoms with Gasteiger partial charge in [0.05, 0.1) is 0 Å². The molecule has 0 fully saturated rings. The van der Waals surface area contributed by atoms with E-state index in [1.54, 1.807) is 0 Å². The van der Waals surface area contributed by atoms with Crippen molar-refractivity contribution < 1.29 is 9.84 Å². The third kappa shape index (κ3) is 2.16. The number of ether oxygens (including phenoxy) is 1. The lowest BCUT2D eigenvalue weighted by molar-refractivity contribution is 0.299. The van der Waals surface area contributed by atoms with Crippen LogP contribution in [0.25, 0.3) is 0 Å². The van der Waals surface area contributed by atoms with Gasteiger partial charge in [-0.2, -0.15) is 0 Å². The Balaban J connectivity index is 1.98. The van der Waals surface area contributed by atoms with Gasteiger partial charge < -0.3 is 9.84 Å². The van der Waals surface area contributed by atoms with Crippen molar-refractivity contribution in [1.82, 2.24) is 0 Å². The third-order valence-electron chi connectivity index (χ3n) is 3.15. The first kappa shape index (κ1) is 11.8. The van der Waals surface area contributed by atoms with Gasteiger partial charge in [-0.15, -0.1) is 0 Å². The quantitative estimate of drug-likeness (QED) is 0.782. The van der Waals surface area contributed by atoms with Gasteiger partial charge in [0, 0.05) is 23.1 Å². The summed E-state index contributed by atoms with van der Waals surface area (Å²) >= 11 is 3.48. The standard InChI is InChI=1S/C15H13BrO2/c16-13-2-4-15-12(9-13)8-11-7-10(5-6-17)1-3-14(11)18-15/h1-4,7,9,17H,5-6,8H2. The number of halogens is 1. The maximum Gasteiger partial charge on any atom is 0.131 e. The molecule has 0 aromatic heterocycles. The normalized spacial score (nSPS) is 12.6. The van der Waals surface area contributed by atoms with Crippen LogP contribution in [0.2, 0.25) is 0 Å². The highest BCUT2D eigenvalue weighted by molar-refractivity contribution is 9.10. The van der Waals surface area contributed by atoms with E-state index in [0.717, 1.165) is 28.0 Å². The Morgan fingerprint density at radius 1 is 1.06 bits per heavy atom. The number of hydrogen-bond donors (Lipinski definition) is 1. The summed E-state index contributed by atoms with van der Waals surface area (Å²) in [6, 6.07) is 12.2. The van der Waals surface area contributed by atoms with Gasteiger partial charge in [-0.3, -0.25) is 0 Å². The van der Waals surface area contributed by atoms with Crippen LogP contribution in [-0.2, 0) is 12.8 Å². The average molecular weight is 305 g/mol. The molecule has 1 aliphatic heterocycles. The number of hydrogen-bond acceptors (Lipinski definition) is 2. The van der Waals surface area contributed by atoms with Crippen LogP contribution in [0.5, 0.6) is 11.5 Å². The van der Waals surface area contributed by atoms with Gasteiger partial charge in [-0.05, 0) is 41.8 Å². The van der Waals surface area contributed by atoms with E-state index in [4.69, 9.17) is 9.84 Å².